The van der Waals surface area contributed by atoms with Crippen molar-refractivity contribution >= 4 is 9.84 Å². The fourth-order valence-electron chi connectivity index (χ4n) is 1.78. The van der Waals surface area contributed by atoms with Crippen LogP contribution in [-0.2, 0) is 14.6 Å². The maximum Gasteiger partial charge on any atom is 0.152 e. The second kappa shape index (κ2) is 8.02. The summed E-state index contributed by atoms with van der Waals surface area (Å²) in [6.45, 7) is 7.78. The smallest absolute Gasteiger partial charge is 0.152 e. The van der Waals surface area contributed by atoms with E-state index >= 15 is 0 Å². The Bertz CT molecular complexity index is 279. The molecule has 1 saturated heterocycles. The Morgan fingerprint density at radius 2 is 1.94 bits per heavy atom. The van der Waals surface area contributed by atoms with Gasteiger partial charge < -0.3 is 15.0 Å². The molecule has 0 bridgehead atoms. The maximum absolute atomic E-state index is 11.2. The van der Waals surface area contributed by atoms with Crippen LogP contribution in [0.4, 0.5) is 0 Å². The van der Waals surface area contributed by atoms with Crippen LogP contribution >= 0.6 is 0 Å². The summed E-state index contributed by atoms with van der Waals surface area (Å²) in [4.78, 5) is 2.20. The molecule has 1 heterocycles. The Balaban J connectivity index is 1.94. The van der Waals surface area contributed by atoms with Crippen LogP contribution in [0.25, 0.3) is 0 Å². The molecule has 0 radical (unpaired) electrons. The summed E-state index contributed by atoms with van der Waals surface area (Å²) < 4.78 is 27.7. The van der Waals surface area contributed by atoms with Crippen LogP contribution in [0.3, 0.4) is 0 Å². The monoisotopic (exact) mass is 264 g/mol. The molecule has 1 N–H and O–H groups in total. The van der Waals surface area contributed by atoms with E-state index in [4.69, 9.17) is 4.74 Å². The average molecular weight is 264 g/mol. The minimum absolute atomic E-state index is 0.317. The van der Waals surface area contributed by atoms with Crippen LogP contribution in [-0.4, -0.2) is 70.8 Å². The lowest BCUT2D eigenvalue weighted by molar-refractivity contribution is 0.144. The van der Waals surface area contributed by atoms with Crippen molar-refractivity contribution in [3.05, 3.63) is 0 Å². The van der Waals surface area contributed by atoms with Crippen molar-refractivity contribution in [3.63, 3.8) is 0 Å². The van der Waals surface area contributed by atoms with Gasteiger partial charge in [-0.15, -0.1) is 0 Å². The highest BCUT2D eigenvalue weighted by molar-refractivity contribution is 7.91. The number of hydrogen-bond acceptors (Lipinski definition) is 5. The number of sulfone groups is 1. The van der Waals surface area contributed by atoms with Gasteiger partial charge in [-0.25, -0.2) is 8.42 Å². The van der Waals surface area contributed by atoms with E-state index in [1.54, 1.807) is 0 Å². The highest BCUT2D eigenvalue weighted by Crippen LogP contribution is 2.02. The second-order valence-electron chi connectivity index (χ2n) is 4.29. The van der Waals surface area contributed by atoms with Gasteiger partial charge in [0.1, 0.15) is 0 Å². The van der Waals surface area contributed by atoms with Gasteiger partial charge in [0.25, 0.3) is 0 Å². The highest BCUT2D eigenvalue weighted by Gasteiger charge is 2.20. The first-order valence-electron chi connectivity index (χ1n) is 6.35. The molecule has 0 atom stereocenters. The van der Waals surface area contributed by atoms with Crippen molar-refractivity contribution in [1.82, 2.24) is 10.2 Å². The van der Waals surface area contributed by atoms with Gasteiger partial charge in [0.2, 0.25) is 0 Å². The van der Waals surface area contributed by atoms with Crippen LogP contribution in [0.1, 0.15) is 13.3 Å². The molecule has 0 aromatic carbocycles. The SMILES string of the molecule is CCOCCCNCCN1CCS(=O)(=O)CC1. The standard InChI is InChI=1S/C11H24N2O3S/c1-2-16-9-3-4-12-5-6-13-7-10-17(14,15)11-8-13/h12H,2-11H2,1H3. The summed E-state index contributed by atoms with van der Waals surface area (Å²) in [6.07, 6.45) is 1.03. The molecule has 17 heavy (non-hydrogen) atoms. The molecule has 0 aromatic rings. The average Bonchev–Trinajstić information content (AvgIpc) is 2.30. The van der Waals surface area contributed by atoms with Gasteiger partial charge in [-0.3, -0.25) is 0 Å². The first kappa shape index (κ1) is 14.9. The zero-order chi connectivity index (χ0) is 12.6. The molecule has 0 spiro atoms. The Morgan fingerprint density at radius 1 is 1.24 bits per heavy atom. The summed E-state index contributed by atoms with van der Waals surface area (Å²) in [5.74, 6) is 0.634. The van der Waals surface area contributed by atoms with Crippen LogP contribution < -0.4 is 5.32 Å². The lowest BCUT2D eigenvalue weighted by atomic mass is 10.4. The summed E-state index contributed by atoms with van der Waals surface area (Å²) in [7, 11) is -2.74. The molecular weight excluding hydrogens is 240 g/mol. The van der Waals surface area contributed by atoms with Gasteiger partial charge in [0, 0.05) is 39.4 Å². The second-order valence-corrected chi connectivity index (χ2v) is 6.60. The number of rotatable bonds is 8. The summed E-state index contributed by atoms with van der Waals surface area (Å²) in [6, 6.07) is 0. The summed E-state index contributed by atoms with van der Waals surface area (Å²) in [5, 5.41) is 3.34. The van der Waals surface area contributed by atoms with Crippen molar-refractivity contribution in [3.8, 4) is 0 Å². The fraction of sp³-hybridized carbons (Fsp3) is 1.00. The van der Waals surface area contributed by atoms with E-state index in [0.717, 1.165) is 39.3 Å². The van der Waals surface area contributed by atoms with Gasteiger partial charge in [-0.1, -0.05) is 0 Å². The molecule has 5 nitrogen and oxygen atoms in total. The third-order valence-corrected chi connectivity index (χ3v) is 4.50. The van der Waals surface area contributed by atoms with Crippen molar-refractivity contribution in [2.75, 3.05) is 57.4 Å². The van der Waals surface area contributed by atoms with Gasteiger partial charge in [0.15, 0.2) is 9.84 Å². The third kappa shape index (κ3) is 6.98. The predicted octanol–water partition coefficient (Wildman–Crippen LogP) is -0.267. The largest absolute Gasteiger partial charge is 0.382 e. The van der Waals surface area contributed by atoms with E-state index < -0.39 is 9.84 Å². The Morgan fingerprint density at radius 3 is 2.59 bits per heavy atom. The molecule has 0 unspecified atom stereocenters. The van der Waals surface area contributed by atoms with Crippen LogP contribution in [0.15, 0.2) is 0 Å². The number of ether oxygens (including phenoxy) is 1. The minimum atomic E-state index is -2.74. The molecule has 0 aliphatic carbocycles. The van der Waals surface area contributed by atoms with Gasteiger partial charge >= 0.3 is 0 Å². The Hall–Kier alpha value is -0.170. The van der Waals surface area contributed by atoms with Crippen LogP contribution in [0.2, 0.25) is 0 Å². The predicted molar refractivity (Wildman–Crippen MR) is 69.1 cm³/mol. The van der Waals surface area contributed by atoms with Crippen molar-refractivity contribution in [2.45, 2.75) is 13.3 Å². The normalized spacial score (nSPS) is 20.5. The van der Waals surface area contributed by atoms with E-state index in [1.807, 2.05) is 6.92 Å². The number of nitrogens with zero attached hydrogens (tertiary/aromatic N) is 1. The van der Waals surface area contributed by atoms with Crippen molar-refractivity contribution < 1.29 is 13.2 Å². The van der Waals surface area contributed by atoms with E-state index in [2.05, 4.69) is 10.2 Å². The summed E-state index contributed by atoms with van der Waals surface area (Å²) in [5.41, 5.74) is 0. The van der Waals surface area contributed by atoms with Gasteiger partial charge in [-0.2, -0.15) is 0 Å². The topological polar surface area (TPSA) is 58.6 Å². The van der Waals surface area contributed by atoms with E-state index in [0.29, 0.717) is 24.6 Å². The molecule has 6 heteroatoms. The minimum Gasteiger partial charge on any atom is -0.382 e. The quantitative estimate of drug-likeness (QED) is 0.612. The zero-order valence-electron chi connectivity index (χ0n) is 10.7. The Kier molecular flexibility index (Phi) is 7.03. The lowest BCUT2D eigenvalue weighted by Gasteiger charge is -2.26. The molecular formula is C11H24N2O3S. The van der Waals surface area contributed by atoms with Crippen LogP contribution in [0.5, 0.6) is 0 Å². The van der Waals surface area contributed by atoms with Crippen molar-refractivity contribution in [2.24, 2.45) is 0 Å². The van der Waals surface area contributed by atoms with E-state index in [-0.39, 0.29) is 0 Å². The Labute approximate surface area is 104 Å². The van der Waals surface area contributed by atoms with Gasteiger partial charge in [-0.05, 0) is 19.9 Å². The van der Waals surface area contributed by atoms with Crippen LogP contribution in [0, 0.1) is 0 Å². The molecule has 102 valence electrons. The fourth-order valence-corrected chi connectivity index (χ4v) is 3.06. The molecule has 1 aliphatic rings. The van der Waals surface area contributed by atoms with E-state index in [9.17, 15) is 8.42 Å². The third-order valence-electron chi connectivity index (χ3n) is 2.89. The zero-order valence-corrected chi connectivity index (χ0v) is 11.5. The summed E-state index contributed by atoms with van der Waals surface area (Å²) >= 11 is 0. The number of hydrogen-bond donors (Lipinski definition) is 1. The van der Waals surface area contributed by atoms with Gasteiger partial charge in [0.05, 0.1) is 11.5 Å². The highest BCUT2D eigenvalue weighted by atomic mass is 32.2. The lowest BCUT2D eigenvalue weighted by Crippen LogP contribution is -2.43. The molecule has 0 saturated carbocycles. The number of nitrogens with one attached hydrogen (secondary N) is 1. The first-order chi connectivity index (χ1) is 8.14. The van der Waals surface area contributed by atoms with E-state index in [1.165, 1.54) is 0 Å². The first-order valence-corrected chi connectivity index (χ1v) is 8.17. The molecule has 0 aromatic heterocycles. The molecule has 1 aliphatic heterocycles. The molecule has 0 amide bonds. The molecule has 1 rings (SSSR count). The molecule has 1 fully saturated rings. The van der Waals surface area contributed by atoms with Crippen molar-refractivity contribution in [1.29, 1.82) is 0 Å². The maximum atomic E-state index is 11.2.